The molecule has 0 unspecified atom stereocenters. The molecule has 8 heteroatoms. The maximum atomic E-state index is 13.4. The number of fused-ring (bicyclic) bond motifs is 2. The van der Waals surface area contributed by atoms with E-state index in [1.54, 1.807) is 41.4 Å². The number of nitrogens with zero attached hydrogens (tertiary/aromatic N) is 4. The van der Waals surface area contributed by atoms with Crippen molar-refractivity contribution in [3.63, 3.8) is 0 Å². The van der Waals surface area contributed by atoms with Gasteiger partial charge in [0.05, 0.1) is 5.69 Å². The summed E-state index contributed by atoms with van der Waals surface area (Å²) in [7, 11) is 0. The lowest BCUT2D eigenvalue weighted by Crippen LogP contribution is -2.52. The number of hydrogen-bond donors (Lipinski definition) is 0. The van der Waals surface area contributed by atoms with Crippen LogP contribution < -0.4 is 14.5 Å². The second-order valence-electron chi connectivity index (χ2n) is 8.16. The van der Waals surface area contributed by atoms with E-state index < -0.39 is 0 Å². The summed E-state index contributed by atoms with van der Waals surface area (Å²) in [5, 5.41) is 0. The van der Waals surface area contributed by atoms with Gasteiger partial charge in [0.15, 0.2) is 5.75 Å². The van der Waals surface area contributed by atoms with E-state index in [2.05, 4.69) is 9.88 Å². The summed E-state index contributed by atoms with van der Waals surface area (Å²) in [5.74, 6) is -0.00202. The molecule has 0 spiro atoms. The highest BCUT2D eigenvalue weighted by Crippen LogP contribution is 2.38. The molecule has 7 nitrogen and oxygen atoms in total. The topological polar surface area (TPSA) is 66.0 Å². The van der Waals surface area contributed by atoms with Gasteiger partial charge in [-0.2, -0.15) is 0 Å². The van der Waals surface area contributed by atoms with Crippen molar-refractivity contribution >= 4 is 23.2 Å². The zero-order chi connectivity index (χ0) is 22.9. The molecular formula is C25H23FN4O3. The molecule has 2 aliphatic heterocycles. The van der Waals surface area contributed by atoms with Gasteiger partial charge in [-0.15, -0.1) is 0 Å². The van der Waals surface area contributed by atoms with Gasteiger partial charge in [-0.3, -0.25) is 14.5 Å². The fourth-order valence-corrected chi connectivity index (χ4v) is 4.18. The van der Waals surface area contributed by atoms with Crippen molar-refractivity contribution < 1.29 is 18.7 Å². The van der Waals surface area contributed by atoms with Crippen LogP contribution in [-0.2, 0) is 4.79 Å². The van der Waals surface area contributed by atoms with Crippen molar-refractivity contribution in [2.75, 3.05) is 42.5 Å². The fraction of sp³-hybridized carbons (Fsp3) is 0.240. The van der Waals surface area contributed by atoms with E-state index in [9.17, 15) is 14.0 Å². The van der Waals surface area contributed by atoms with Gasteiger partial charge in [-0.1, -0.05) is 6.07 Å². The van der Waals surface area contributed by atoms with E-state index in [1.165, 1.54) is 17.0 Å². The number of amides is 2. The van der Waals surface area contributed by atoms with Crippen LogP contribution in [0.15, 0.2) is 60.8 Å². The monoisotopic (exact) mass is 446 g/mol. The smallest absolute Gasteiger partial charge is 0.264 e. The third kappa shape index (κ3) is 4.11. The summed E-state index contributed by atoms with van der Waals surface area (Å²) in [4.78, 5) is 36.1. The summed E-state index contributed by atoms with van der Waals surface area (Å²) in [5.41, 5.74) is 2.77. The molecule has 5 rings (SSSR count). The van der Waals surface area contributed by atoms with E-state index >= 15 is 0 Å². The predicted molar refractivity (Wildman–Crippen MR) is 122 cm³/mol. The molecule has 33 heavy (non-hydrogen) atoms. The Hall–Kier alpha value is -3.94. The molecular weight excluding hydrogens is 423 g/mol. The van der Waals surface area contributed by atoms with Crippen molar-refractivity contribution in [1.29, 1.82) is 0 Å². The summed E-state index contributed by atoms with van der Waals surface area (Å²) in [6.45, 7) is 4.16. The normalized spacial score (nSPS) is 15.5. The van der Waals surface area contributed by atoms with Crippen LogP contribution in [-0.4, -0.2) is 54.4 Å². The number of piperazine rings is 1. The lowest BCUT2D eigenvalue weighted by atomic mass is 10.1. The molecule has 0 atom stereocenters. The number of hydrogen-bond acceptors (Lipinski definition) is 5. The third-order valence-electron chi connectivity index (χ3n) is 5.98. The Bertz CT molecular complexity index is 1210. The lowest BCUT2D eigenvalue weighted by molar-refractivity contribution is -0.129. The number of rotatable bonds is 3. The van der Waals surface area contributed by atoms with Crippen LogP contribution in [0.5, 0.6) is 11.6 Å². The van der Waals surface area contributed by atoms with Crippen LogP contribution in [0.25, 0.3) is 0 Å². The summed E-state index contributed by atoms with van der Waals surface area (Å²) in [6.07, 6.45) is 1.57. The standard InChI is InChI=1S/C25H23FN4O3/c1-17-4-9-21-22(15-17)33-24-20(3-2-10-27-24)25(32)30(21)16-23(31)29-13-11-28(12-14-29)19-7-5-18(26)6-8-19/h2-10,15H,11-14,16H2,1H3. The SMILES string of the molecule is Cc1ccc2c(c1)Oc1ncccc1C(=O)N2CC(=O)N1CCN(c2ccc(F)cc2)CC1. The molecule has 1 fully saturated rings. The molecule has 0 saturated carbocycles. The Morgan fingerprint density at radius 2 is 1.82 bits per heavy atom. The van der Waals surface area contributed by atoms with E-state index in [0.717, 1.165) is 11.3 Å². The third-order valence-corrected chi connectivity index (χ3v) is 5.98. The molecule has 2 amide bonds. The highest BCUT2D eigenvalue weighted by Gasteiger charge is 2.32. The highest BCUT2D eigenvalue weighted by molar-refractivity contribution is 6.11. The molecule has 1 aromatic heterocycles. The molecule has 0 aliphatic carbocycles. The first-order valence-corrected chi connectivity index (χ1v) is 10.8. The summed E-state index contributed by atoms with van der Waals surface area (Å²) < 4.78 is 19.2. The first-order chi connectivity index (χ1) is 16.0. The fourth-order valence-electron chi connectivity index (χ4n) is 4.18. The van der Waals surface area contributed by atoms with Crippen LogP contribution in [0.2, 0.25) is 0 Å². The largest absolute Gasteiger partial charge is 0.436 e. The molecule has 0 N–H and O–H groups in total. The Morgan fingerprint density at radius 3 is 2.58 bits per heavy atom. The molecule has 0 bridgehead atoms. The molecule has 3 heterocycles. The minimum atomic E-state index is -0.320. The van der Waals surface area contributed by atoms with Gasteiger partial charge < -0.3 is 14.5 Å². The zero-order valence-corrected chi connectivity index (χ0v) is 18.2. The molecule has 2 aromatic carbocycles. The second kappa shape index (κ2) is 8.54. The van der Waals surface area contributed by atoms with Crippen molar-refractivity contribution in [3.8, 4) is 11.6 Å². The number of carbonyl (C=O) groups is 2. The number of halogens is 1. The summed E-state index contributed by atoms with van der Waals surface area (Å²) in [6, 6.07) is 15.2. The average Bonchev–Trinajstić information content (AvgIpc) is 2.94. The quantitative estimate of drug-likeness (QED) is 0.615. The maximum absolute atomic E-state index is 13.4. The highest BCUT2D eigenvalue weighted by atomic mass is 19.1. The van der Waals surface area contributed by atoms with Gasteiger partial charge in [-0.05, 0) is 61.0 Å². The number of benzene rings is 2. The Kier molecular flexibility index (Phi) is 5.42. The first-order valence-electron chi connectivity index (χ1n) is 10.8. The van der Waals surface area contributed by atoms with Crippen LogP contribution in [0.3, 0.4) is 0 Å². The lowest BCUT2D eigenvalue weighted by Gasteiger charge is -2.37. The van der Waals surface area contributed by atoms with Gasteiger partial charge >= 0.3 is 0 Å². The van der Waals surface area contributed by atoms with Crippen LogP contribution in [0.4, 0.5) is 15.8 Å². The number of carbonyl (C=O) groups excluding carboxylic acids is 2. The maximum Gasteiger partial charge on any atom is 0.264 e. The number of aromatic nitrogens is 1. The van der Waals surface area contributed by atoms with Crippen LogP contribution in [0, 0.1) is 12.7 Å². The zero-order valence-electron chi connectivity index (χ0n) is 18.2. The molecule has 2 aliphatic rings. The second-order valence-corrected chi connectivity index (χ2v) is 8.16. The van der Waals surface area contributed by atoms with Crippen molar-refractivity contribution in [2.45, 2.75) is 6.92 Å². The van der Waals surface area contributed by atoms with Crippen molar-refractivity contribution in [3.05, 3.63) is 77.7 Å². The first kappa shape index (κ1) is 20.9. The van der Waals surface area contributed by atoms with Crippen LogP contribution >= 0.6 is 0 Å². The number of ether oxygens (including phenoxy) is 1. The molecule has 168 valence electrons. The summed E-state index contributed by atoms with van der Waals surface area (Å²) >= 11 is 0. The number of anilines is 2. The van der Waals surface area contributed by atoms with Crippen molar-refractivity contribution in [2.24, 2.45) is 0 Å². The minimum absolute atomic E-state index is 0.0941. The number of pyridine rings is 1. The van der Waals surface area contributed by atoms with Gasteiger partial charge in [-0.25, -0.2) is 9.37 Å². The van der Waals surface area contributed by atoms with Gasteiger partial charge in [0.1, 0.15) is 17.9 Å². The van der Waals surface area contributed by atoms with E-state index in [0.29, 0.717) is 43.2 Å². The molecule has 0 radical (unpaired) electrons. The Balaban J connectivity index is 1.34. The Labute approximate surface area is 191 Å². The van der Waals surface area contributed by atoms with Crippen LogP contribution in [0.1, 0.15) is 15.9 Å². The Morgan fingerprint density at radius 1 is 1.06 bits per heavy atom. The predicted octanol–water partition coefficient (Wildman–Crippen LogP) is 3.63. The van der Waals surface area contributed by atoms with E-state index in [-0.39, 0.29) is 30.1 Å². The van der Waals surface area contributed by atoms with Gasteiger partial charge in [0.2, 0.25) is 11.8 Å². The van der Waals surface area contributed by atoms with E-state index in [4.69, 9.17) is 4.74 Å². The van der Waals surface area contributed by atoms with Crippen molar-refractivity contribution in [1.82, 2.24) is 9.88 Å². The van der Waals surface area contributed by atoms with Gasteiger partial charge in [0, 0.05) is 38.1 Å². The number of aryl methyl sites for hydroxylation is 1. The van der Waals surface area contributed by atoms with Gasteiger partial charge in [0.25, 0.3) is 5.91 Å². The molecule has 3 aromatic rings. The van der Waals surface area contributed by atoms with E-state index in [1.807, 2.05) is 19.1 Å². The minimum Gasteiger partial charge on any atom is -0.436 e. The average molecular weight is 446 g/mol. The molecule has 1 saturated heterocycles.